The van der Waals surface area contributed by atoms with Crippen LogP contribution in [0.2, 0.25) is 0 Å². The topological polar surface area (TPSA) is 39.5 Å². The molecule has 1 unspecified atom stereocenters. The normalized spacial score (nSPS) is 16.8. The van der Waals surface area contributed by atoms with Crippen LogP contribution >= 0.6 is 0 Å². The summed E-state index contributed by atoms with van der Waals surface area (Å²) in [5.41, 5.74) is 5.76. The van der Waals surface area contributed by atoms with Crippen LogP contribution in [0.15, 0.2) is 67.1 Å². The Morgan fingerprint density at radius 2 is 1.67 bits per heavy atom. The molecule has 0 saturated carbocycles. The summed E-state index contributed by atoms with van der Waals surface area (Å²) in [6, 6.07) is 16.7. The zero-order valence-corrected chi connectivity index (χ0v) is 19.6. The second-order valence-corrected chi connectivity index (χ2v) is 9.04. The maximum Gasteiger partial charge on any atom is 0.119 e. The van der Waals surface area contributed by atoms with Gasteiger partial charge in [-0.3, -0.25) is 4.98 Å². The van der Waals surface area contributed by atoms with E-state index in [1.54, 1.807) is 14.2 Å². The molecule has 33 heavy (non-hydrogen) atoms. The van der Waals surface area contributed by atoms with Gasteiger partial charge >= 0.3 is 0 Å². The molecule has 4 aromatic rings. The summed E-state index contributed by atoms with van der Waals surface area (Å²) in [7, 11) is 5.64. The second kappa shape index (κ2) is 9.28. The average Bonchev–Trinajstić information content (AvgIpc) is 3.21. The van der Waals surface area contributed by atoms with Crippen molar-refractivity contribution in [2.75, 3.05) is 34.4 Å². The number of ether oxygens (including phenoxy) is 2. The average molecular weight is 442 g/mol. The van der Waals surface area contributed by atoms with Gasteiger partial charge in [0.25, 0.3) is 0 Å². The van der Waals surface area contributed by atoms with Gasteiger partial charge in [0.05, 0.1) is 14.2 Å². The van der Waals surface area contributed by atoms with E-state index in [1.807, 2.05) is 24.5 Å². The number of likely N-dealkylation sites (tertiary alicyclic amines) is 1. The third-order valence-corrected chi connectivity index (χ3v) is 6.74. The van der Waals surface area contributed by atoms with E-state index in [4.69, 9.17) is 9.47 Å². The molecule has 5 rings (SSSR count). The van der Waals surface area contributed by atoms with Crippen molar-refractivity contribution in [2.45, 2.75) is 19.4 Å². The van der Waals surface area contributed by atoms with E-state index in [1.165, 1.54) is 35.9 Å². The lowest BCUT2D eigenvalue weighted by Crippen LogP contribution is -2.33. The Morgan fingerprint density at radius 1 is 0.909 bits per heavy atom. The number of hydrogen-bond donors (Lipinski definition) is 0. The molecule has 5 nitrogen and oxygen atoms in total. The Balaban J connectivity index is 1.55. The maximum atomic E-state index is 5.56. The number of methoxy groups -OCH3 is 2. The molecular formula is C28H31N3O2. The zero-order chi connectivity index (χ0) is 22.8. The molecule has 1 fully saturated rings. The van der Waals surface area contributed by atoms with Crippen LogP contribution in [0, 0.1) is 5.92 Å². The van der Waals surface area contributed by atoms with Crippen molar-refractivity contribution in [3.8, 4) is 33.8 Å². The SMILES string of the molecule is COc1ccc(-c2cncc(-c3cn(CC4CCCN(C)C4)c4ccc(OC)cc34)c2)cc1. The van der Waals surface area contributed by atoms with Crippen molar-refractivity contribution in [1.82, 2.24) is 14.5 Å². The first-order valence-electron chi connectivity index (χ1n) is 11.6. The minimum atomic E-state index is 0.665. The third kappa shape index (κ3) is 4.46. The lowest BCUT2D eigenvalue weighted by atomic mass is 9.98. The summed E-state index contributed by atoms with van der Waals surface area (Å²) in [6.07, 6.45) is 8.73. The van der Waals surface area contributed by atoms with Gasteiger partial charge in [-0.15, -0.1) is 0 Å². The van der Waals surface area contributed by atoms with Crippen molar-refractivity contribution < 1.29 is 9.47 Å². The van der Waals surface area contributed by atoms with Crippen LogP contribution in [-0.2, 0) is 6.54 Å². The molecule has 1 aliphatic heterocycles. The molecule has 0 bridgehead atoms. The monoisotopic (exact) mass is 441 g/mol. The molecule has 1 saturated heterocycles. The van der Waals surface area contributed by atoms with Crippen molar-refractivity contribution >= 4 is 10.9 Å². The Morgan fingerprint density at radius 3 is 2.42 bits per heavy atom. The van der Waals surface area contributed by atoms with Crippen LogP contribution in [0.1, 0.15) is 12.8 Å². The lowest BCUT2D eigenvalue weighted by molar-refractivity contribution is 0.196. The van der Waals surface area contributed by atoms with Gasteiger partial charge < -0.3 is 18.9 Å². The smallest absolute Gasteiger partial charge is 0.119 e. The maximum absolute atomic E-state index is 5.56. The van der Waals surface area contributed by atoms with Crippen molar-refractivity contribution in [1.29, 1.82) is 0 Å². The highest BCUT2D eigenvalue weighted by Crippen LogP contribution is 2.35. The van der Waals surface area contributed by atoms with Crippen LogP contribution in [0.4, 0.5) is 0 Å². The van der Waals surface area contributed by atoms with E-state index in [9.17, 15) is 0 Å². The summed E-state index contributed by atoms with van der Waals surface area (Å²) in [6.45, 7) is 3.38. The van der Waals surface area contributed by atoms with Crippen LogP contribution in [-0.4, -0.2) is 48.8 Å². The number of hydrogen-bond acceptors (Lipinski definition) is 4. The van der Waals surface area contributed by atoms with Crippen LogP contribution in [0.25, 0.3) is 33.2 Å². The number of benzene rings is 2. The van der Waals surface area contributed by atoms with Gasteiger partial charge in [-0.1, -0.05) is 12.1 Å². The van der Waals surface area contributed by atoms with E-state index in [2.05, 4.69) is 64.1 Å². The molecule has 0 amide bonds. The quantitative estimate of drug-likeness (QED) is 0.383. The van der Waals surface area contributed by atoms with E-state index in [0.717, 1.165) is 41.3 Å². The van der Waals surface area contributed by atoms with Crippen molar-refractivity contribution in [3.05, 3.63) is 67.1 Å². The van der Waals surface area contributed by atoms with Crippen LogP contribution in [0.3, 0.4) is 0 Å². The van der Waals surface area contributed by atoms with Crippen molar-refractivity contribution in [3.63, 3.8) is 0 Å². The number of piperidine rings is 1. The molecule has 2 aromatic heterocycles. The highest BCUT2D eigenvalue weighted by molar-refractivity contribution is 5.97. The molecule has 0 aliphatic carbocycles. The number of pyridine rings is 1. The summed E-state index contributed by atoms with van der Waals surface area (Å²) < 4.78 is 13.3. The van der Waals surface area contributed by atoms with Gasteiger partial charge in [0, 0.05) is 59.3 Å². The molecule has 1 atom stereocenters. The van der Waals surface area contributed by atoms with Gasteiger partial charge in [0.2, 0.25) is 0 Å². The fourth-order valence-electron chi connectivity index (χ4n) is 5.01. The first kappa shape index (κ1) is 21.5. The molecule has 1 aliphatic rings. The number of fused-ring (bicyclic) bond motifs is 1. The molecule has 0 radical (unpaired) electrons. The Labute approximate surface area is 195 Å². The van der Waals surface area contributed by atoms with Crippen LogP contribution in [0.5, 0.6) is 11.5 Å². The molecule has 5 heteroatoms. The third-order valence-electron chi connectivity index (χ3n) is 6.74. The van der Waals surface area contributed by atoms with Gasteiger partial charge in [-0.2, -0.15) is 0 Å². The Hall–Kier alpha value is -3.31. The molecule has 0 spiro atoms. The number of aromatic nitrogens is 2. The zero-order valence-electron chi connectivity index (χ0n) is 19.6. The summed E-state index contributed by atoms with van der Waals surface area (Å²) in [5, 5.41) is 1.20. The molecule has 3 heterocycles. The predicted octanol–water partition coefficient (Wildman–Crippen LogP) is 5.73. The highest BCUT2D eigenvalue weighted by Gasteiger charge is 2.20. The largest absolute Gasteiger partial charge is 0.497 e. The van der Waals surface area contributed by atoms with E-state index in [-0.39, 0.29) is 0 Å². The molecule has 170 valence electrons. The van der Waals surface area contributed by atoms with E-state index >= 15 is 0 Å². The minimum Gasteiger partial charge on any atom is -0.497 e. The van der Waals surface area contributed by atoms with E-state index < -0.39 is 0 Å². The number of rotatable bonds is 6. The van der Waals surface area contributed by atoms with E-state index in [0.29, 0.717) is 5.92 Å². The highest BCUT2D eigenvalue weighted by atomic mass is 16.5. The second-order valence-electron chi connectivity index (χ2n) is 9.04. The summed E-state index contributed by atoms with van der Waals surface area (Å²) >= 11 is 0. The molecule has 2 aromatic carbocycles. The Bertz CT molecular complexity index is 1250. The molecular weight excluding hydrogens is 410 g/mol. The number of nitrogens with zero attached hydrogens (tertiary/aromatic N) is 3. The van der Waals surface area contributed by atoms with Crippen molar-refractivity contribution in [2.24, 2.45) is 5.92 Å². The lowest BCUT2D eigenvalue weighted by Gasteiger charge is -2.30. The molecule has 0 N–H and O–H groups in total. The van der Waals surface area contributed by atoms with Gasteiger partial charge in [-0.25, -0.2) is 0 Å². The summed E-state index contributed by atoms with van der Waals surface area (Å²) in [4.78, 5) is 7.04. The fourth-order valence-corrected chi connectivity index (χ4v) is 5.01. The van der Waals surface area contributed by atoms with Gasteiger partial charge in [0.15, 0.2) is 0 Å². The Kier molecular flexibility index (Phi) is 6.05. The standard InChI is InChI=1S/C28H31N3O2/c1-30-12-4-5-20(17-30)18-31-19-27(26-14-25(33-3)10-11-28(26)31)23-13-22(15-29-16-23)21-6-8-24(32-2)9-7-21/h6-11,13-16,19-20H,4-5,12,17-18H2,1-3H3. The first-order valence-corrected chi connectivity index (χ1v) is 11.6. The summed E-state index contributed by atoms with van der Waals surface area (Å²) in [5.74, 6) is 2.39. The van der Waals surface area contributed by atoms with Crippen LogP contribution < -0.4 is 9.47 Å². The minimum absolute atomic E-state index is 0.665. The fraction of sp³-hybridized carbons (Fsp3) is 0.321. The van der Waals surface area contributed by atoms with Gasteiger partial charge in [-0.05, 0) is 74.3 Å². The van der Waals surface area contributed by atoms with Gasteiger partial charge in [0.1, 0.15) is 11.5 Å². The predicted molar refractivity (Wildman–Crippen MR) is 134 cm³/mol. The first-order chi connectivity index (χ1) is 16.1.